The fraction of sp³-hybridized carbons (Fsp3) is 0.500. The Labute approximate surface area is 134 Å². The van der Waals surface area contributed by atoms with Crippen molar-refractivity contribution in [2.24, 2.45) is 0 Å². The van der Waals surface area contributed by atoms with E-state index in [1.54, 1.807) is 0 Å². The standard InChI is InChI=1S/C14H19BN4O2/c1-10-6-16-7-12(18-10)19-8-11(17-9-19)15-20-13(2,3)14(4,5)21-15/h6-9H,1-5H3/i1D3,6D,7D,8D,9D. The number of imidazole rings is 1. The number of aryl methyl sites for hydroxylation is 1. The van der Waals surface area contributed by atoms with Crippen LogP contribution >= 0.6 is 0 Å². The van der Waals surface area contributed by atoms with E-state index in [-0.39, 0.29) is 17.6 Å². The quantitative estimate of drug-likeness (QED) is 0.780. The molecule has 0 N–H and O–H groups in total. The fourth-order valence-electron chi connectivity index (χ4n) is 1.82. The van der Waals surface area contributed by atoms with Gasteiger partial charge in [-0.25, -0.2) is 9.97 Å². The number of aromatic nitrogens is 4. The molecule has 0 unspecified atom stereocenters. The Balaban J connectivity index is 2.12. The molecule has 1 fully saturated rings. The van der Waals surface area contributed by atoms with Gasteiger partial charge in [0.25, 0.3) is 0 Å². The third-order valence-corrected chi connectivity index (χ3v) is 3.72. The van der Waals surface area contributed by atoms with Gasteiger partial charge in [0, 0.05) is 16.5 Å². The van der Waals surface area contributed by atoms with Gasteiger partial charge in [0.15, 0.2) is 5.82 Å². The molecule has 1 aliphatic heterocycles. The molecule has 2 aromatic rings. The molecule has 7 heteroatoms. The maximum atomic E-state index is 8.39. The molecule has 0 bridgehead atoms. The van der Waals surface area contributed by atoms with Crippen LogP contribution in [-0.2, 0) is 9.31 Å². The maximum absolute atomic E-state index is 8.39. The maximum Gasteiger partial charge on any atom is 0.516 e. The van der Waals surface area contributed by atoms with Gasteiger partial charge >= 0.3 is 7.12 Å². The van der Waals surface area contributed by atoms with Gasteiger partial charge in [-0.2, -0.15) is 0 Å². The van der Waals surface area contributed by atoms with Crippen molar-refractivity contribution in [3.05, 3.63) is 30.5 Å². The smallest absolute Gasteiger partial charge is 0.398 e. The second-order valence-corrected chi connectivity index (χ2v) is 5.75. The van der Waals surface area contributed by atoms with Crippen LogP contribution in [0.25, 0.3) is 5.82 Å². The molecule has 110 valence electrons. The Morgan fingerprint density at radius 2 is 1.95 bits per heavy atom. The van der Waals surface area contributed by atoms with E-state index in [2.05, 4.69) is 15.0 Å². The largest absolute Gasteiger partial charge is 0.516 e. The Hall–Kier alpha value is -1.73. The first kappa shape index (κ1) is 8.05. The minimum absolute atomic E-state index is 0.00948. The van der Waals surface area contributed by atoms with Crippen LogP contribution in [0.4, 0.5) is 0 Å². The molecular weight excluding hydrogens is 267 g/mol. The minimum atomic E-state index is -2.73. The Kier molecular flexibility index (Phi) is 1.78. The van der Waals surface area contributed by atoms with Crippen LogP contribution in [0, 0.1) is 6.85 Å². The lowest BCUT2D eigenvalue weighted by atomic mass is 9.86. The highest BCUT2D eigenvalue weighted by Crippen LogP contribution is 2.36. The molecule has 1 saturated heterocycles. The molecule has 3 rings (SSSR count). The zero-order valence-corrected chi connectivity index (χ0v) is 12.2. The van der Waals surface area contributed by atoms with Gasteiger partial charge in [-0.05, 0) is 34.5 Å². The van der Waals surface area contributed by atoms with Gasteiger partial charge in [-0.15, -0.1) is 0 Å². The first-order valence-corrected chi connectivity index (χ1v) is 6.43. The van der Waals surface area contributed by atoms with Crippen molar-refractivity contribution in [2.45, 2.75) is 45.7 Å². The van der Waals surface area contributed by atoms with Crippen molar-refractivity contribution in [1.29, 1.82) is 0 Å². The Bertz CT molecular complexity index is 929. The van der Waals surface area contributed by atoms with E-state index < -0.39 is 49.5 Å². The Morgan fingerprint density at radius 3 is 2.62 bits per heavy atom. The lowest BCUT2D eigenvalue weighted by Crippen LogP contribution is -2.41. The van der Waals surface area contributed by atoms with E-state index in [1.165, 1.54) is 0 Å². The predicted octanol–water partition coefficient (Wildman–Crippen LogP) is 1.27. The van der Waals surface area contributed by atoms with Crippen molar-refractivity contribution in [3.63, 3.8) is 0 Å². The lowest BCUT2D eigenvalue weighted by Gasteiger charge is -2.32. The normalized spacial score (nSPS) is 25.3. The molecule has 0 saturated carbocycles. The number of hydrogen-bond donors (Lipinski definition) is 0. The average molecular weight is 293 g/mol. The minimum Gasteiger partial charge on any atom is -0.398 e. The van der Waals surface area contributed by atoms with Crippen LogP contribution in [0.15, 0.2) is 24.8 Å². The highest BCUT2D eigenvalue weighted by atomic mass is 16.7. The van der Waals surface area contributed by atoms with Gasteiger partial charge in [-0.3, -0.25) is 9.55 Å². The molecule has 0 radical (unpaired) electrons. The molecule has 0 amide bonds. The van der Waals surface area contributed by atoms with E-state index in [0.29, 0.717) is 0 Å². The van der Waals surface area contributed by atoms with Crippen LogP contribution < -0.4 is 5.59 Å². The molecule has 0 atom stereocenters. The van der Waals surface area contributed by atoms with E-state index in [9.17, 15) is 0 Å². The third-order valence-electron chi connectivity index (χ3n) is 3.72. The van der Waals surface area contributed by atoms with Crippen molar-refractivity contribution < 1.29 is 18.9 Å². The van der Waals surface area contributed by atoms with Gasteiger partial charge in [0.1, 0.15) is 1.37 Å². The van der Waals surface area contributed by atoms with Crippen molar-refractivity contribution in [1.82, 2.24) is 19.5 Å². The molecule has 21 heavy (non-hydrogen) atoms. The van der Waals surface area contributed by atoms with Crippen molar-refractivity contribution in [3.8, 4) is 5.82 Å². The van der Waals surface area contributed by atoms with E-state index >= 15 is 0 Å². The lowest BCUT2D eigenvalue weighted by molar-refractivity contribution is 0.00578. The molecule has 3 heterocycles. The summed E-state index contributed by atoms with van der Waals surface area (Å²) in [6.07, 6.45) is -1.98. The summed E-state index contributed by atoms with van der Waals surface area (Å²) in [6.45, 7) is 4.60. The highest BCUT2D eigenvalue weighted by molar-refractivity contribution is 6.61. The van der Waals surface area contributed by atoms with Crippen LogP contribution in [0.1, 0.15) is 43.0 Å². The topological polar surface area (TPSA) is 62.1 Å². The summed E-state index contributed by atoms with van der Waals surface area (Å²) in [5.41, 5.74) is -1.98. The fourth-order valence-corrected chi connectivity index (χ4v) is 1.82. The van der Waals surface area contributed by atoms with Gasteiger partial charge in [0.05, 0.1) is 39.1 Å². The molecule has 1 aliphatic rings. The SMILES string of the molecule is [2H]c1nc([2H])c(C([2H])([2H])[2H])nc1-n1c([2H])nc(B2OC(C)(C)C(C)(C)O2)c1[2H]. The van der Waals surface area contributed by atoms with Crippen LogP contribution in [-0.4, -0.2) is 37.8 Å². The number of hydrogen-bond acceptors (Lipinski definition) is 5. The second kappa shape index (κ2) is 4.64. The summed E-state index contributed by atoms with van der Waals surface area (Å²) in [6, 6.07) is 0. The first-order chi connectivity index (χ1) is 12.7. The van der Waals surface area contributed by atoms with E-state index in [4.69, 9.17) is 18.9 Å². The van der Waals surface area contributed by atoms with Gasteiger partial charge < -0.3 is 9.31 Å². The van der Waals surface area contributed by atoms with Gasteiger partial charge in [0.2, 0.25) is 0 Å². The first-order valence-electron chi connectivity index (χ1n) is 9.93. The van der Waals surface area contributed by atoms with Crippen LogP contribution in [0.2, 0.25) is 0 Å². The summed E-state index contributed by atoms with van der Waals surface area (Å²) in [5.74, 6) is -0.368. The summed E-state index contributed by atoms with van der Waals surface area (Å²) in [7, 11) is -1.01. The Morgan fingerprint density at radius 1 is 1.24 bits per heavy atom. The molecule has 0 aliphatic carbocycles. The number of nitrogens with zero attached hydrogens (tertiary/aromatic N) is 4. The average Bonchev–Trinajstić information content (AvgIpc) is 2.91. The molecule has 0 spiro atoms. The zero-order valence-electron chi connectivity index (χ0n) is 19.2. The third kappa shape index (κ3) is 2.47. The zero-order chi connectivity index (χ0) is 21.2. The summed E-state index contributed by atoms with van der Waals surface area (Å²) in [4.78, 5) is 11.4. The molecule has 0 aromatic carbocycles. The summed E-state index contributed by atoms with van der Waals surface area (Å²) < 4.78 is 67.1. The van der Waals surface area contributed by atoms with Crippen LogP contribution in [0.3, 0.4) is 0 Å². The predicted molar refractivity (Wildman–Crippen MR) is 79.6 cm³/mol. The van der Waals surface area contributed by atoms with E-state index in [1.807, 2.05) is 27.7 Å². The van der Waals surface area contributed by atoms with Crippen molar-refractivity contribution in [2.75, 3.05) is 0 Å². The van der Waals surface area contributed by atoms with Gasteiger partial charge in [-0.1, -0.05) is 0 Å². The van der Waals surface area contributed by atoms with E-state index in [0.717, 1.165) is 4.57 Å². The molecule has 6 nitrogen and oxygen atoms in total. The van der Waals surface area contributed by atoms with Crippen molar-refractivity contribution >= 4 is 12.7 Å². The van der Waals surface area contributed by atoms with Crippen LogP contribution in [0.5, 0.6) is 0 Å². The molecule has 2 aromatic heterocycles. The highest BCUT2D eigenvalue weighted by Gasteiger charge is 2.52. The monoisotopic (exact) mass is 293 g/mol. The number of rotatable bonds is 2. The second-order valence-electron chi connectivity index (χ2n) is 5.75. The summed E-state index contributed by atoms with van der Waals surface area (Å²) >= 11 is 0. The molecular formula is C14H19BN4O2. The summed E-state index contributed by atoms with van der Waals surface area (Å²) in [5, 5.41) is 0.